The molecule has 2 aromatic heterocycles. The fourth-order valence-electron chi connectivity index (χ4n) is 4.39. The van der Waals surface area contributed by atoms with Crippen LogP contribution in [0, 0.1) is 5.92 Å². The third kappa shape index (κ3) is 3.82. The number of hydrogen-bond donors (Lipinski definition) is 1. The van der Waals surface area contributed by atoms with Crippen molar-refractivity contribution in [2.45, 2.75) is 38.3 Å². The third-order valence-corrected chi connectivity index (χ3v) is 6.06. The maximum atomic E-state index is 13.1. The summed E-state index contributed by atoms with van der Waals surface area (Å²) < 4.78 is 40.0. The Labute approximate surface area is 176 Å². The average Bonchev–Trinajstić information content (AvgIpc) is 3.39. The molecule has 3 aromatic rings. The standard InChI is InChI=1S/C21H21F3N6O/c22-21(23,24)20-27-26-17-6-7-18(28-30(17)20)29-10-8-14(9-11-29)19(31)25-16-5-4-13-2-1-3-15(13)12-16/h4-7,12,14H,1-3,8-11H2,(H,25,31). The number of nitrogens with one attached hydrogen (secondary N) is 1. The van der Waals surface area contributed by atoms with Crippen LogP contribution < -0.4 is 10.2 Å². The Hall–Kier alpha value is -3.17. The second kappa shape index (κ2) is 7.51. The van der Waals surface area contributed by atoms with Crippen molar-refractivity contribution in [1.29, 1.82) is 0 Å². The molecule has 31 heavy (non-hydrogen) atoms. The van der Waals surface area contributed by atoms with Gasteiger partial charge in [0.1, 0.15) is 5.82 Å². The first kappa shape index (κ1) is 19.8. The number of aromatic nitrogens is 4. The Balaban J connectivity index is 1.24. The van der Waals surface area contributed by atoms with E-state index < -0.39 is 12.0 Å². The Morgan fingerprint density at radius 2 is 1.81 bits per heavy atom. The highest BCUT2D eigenvalue weighted by atomic mass is 19.4. The van der Waals surface area contributed by atoms with Gasteiger partial charge in [-0.05, 0) is 67.5 Å². The maximum absolute atomic E-state index is 13.1. The number of carbonyl (C=O) groups is 1. The van der Waals surface area contributed by atoms with Crippen molar-refractivity contribution in [2.75, 3.05) is 23.3 Å². The Bertz CT molecular complexity index is 1130. The molecule has 3 heterocycles. The monoisotopic (exact) mass is 430 g/mol. The Morgan fingerprint density at radius 1 is 1.03 bits per heavy atom. The molecule has 0 unspecified atom stereocenters. The van der Waals surface area contributed by atoms with Crippen LogP contribution in [-0.2, 0) is 23.8 Å². The van der Waals surface area contributed by atoms with E-state index in [4.69, 9.17) is 0 Å². The zero-order valence-corrected chi connectivity index (χ0v) is 16.7. The molecule has 1 saturated heterocycles. The van der Waals surface area contributed by atoms with Gasteiger partial charge in [0.05, 0.1) is 0 Å². The molecule has 10 heteroatoms. The number of fused-ring (bicyclic) bond motifs is 2. The number of carbonyl (C=O) groups excluding carboxylic acids is 1. The molecule has 1 aliphatic heterocycles. The molecular formula is C21H21F3N6O. The van der Waals surface area contributed by atoms with Crippen molar-refractivity contribution in [1.82, 2.24) is 19.8 Å². The molecule has 0 spiro atoms. The molecule has 2 aliphatic rings. The molecule has 7 nitrogen and oxygen atoms in total. The van der Waals surface area contributed by atoms with Gasteiger partial charge in [0.15, 0.2) is 5.65 Å². The number of alkyl halides is 3. The highest BCUT2D eigenvalue weighted by Gasteiger charge is 2.38. The molecule has 5 rings (SSSR count). The van der Waals surface area contributed by atoms with Gasteiger partial charge in [-0.3, -0.25) is 4.79 Å². The zero-order chi connectivity index (χ0) is 21.6. The van der Waals surface area contributed by atoms with E-state index in [9.17, 15) is 18.0 Å². The van der Waals surface area contributed by atoms with Crippen molar-refractivity contribution < 1.29 is 18.0 Å². The van der Waals surface area contributed by atoms with Gasteiger partial charge in [-0.1, -0.05) is 6.07 Å². The average molecular weight is 430 g/mol. The molecule has 0 radical (unpaired) electrons. The number of nitrogens with zero attached hydrogens (tertiary/aromatic N) is 5. The van der Waals surface area contributed by atoms with Gasteiger partial charge in [0.2, 0.25) is 5.91 Å². The minimum atomic E-state index is -4.63. The SMILES string of the molecule is O=C(Nc1ccc2c(c1)CCC2)C1CCN(c2ccc3nnc(C(F)(F)F)n3n2)CC1. The van der Waals surface area contributed by atoms with E-state index >= 15 is 0 Å². The summed E-state index contributed by atoms with van der Waals surface area (Å²) in [4.78, 5) is 14.6. The minimum Gasteiger partial charge on any atom is -0.355 e. The first-order chi connectivity index (χ1) is 14.9. The largest absolute Gasteiger partial charge is 0.453 e. The summed E-state index contributed by atoms with van der Waals surface area (Å²) in [6.45, 7) is 1.06. The Morgan fingerprint density at radius 3 is 2.58 bits per heavy atom. The molecular weight excluding hydrogens is 409 g/mol. The molecule has 1 N–H and O–H groups in total. The van der Waals surface area contributed by atoms with E-state index in [1.807, 2.05) is 11.0 Å². The van der Waals surface area contributed by atoms with Crippen LogP contribution in [0.3, 0.4) is 0 Å². The summed E-state index contributed by atoms with van der Waals surface area (Å²) in [5, 5.41) is 13.8. The highest BCUT2D eigenvalue weighted by molar-refractivity contribution is 5.92. The Kier molecular flexibility index (Phi) is 4.79. The van der Waals surface area contributed by atoms with Crippen LogP contribution in [0.25, 0.3) is 5.65 Å². The molecule has 0 atom stereocenters. The predicted molar refractivity (Wildman–Crippen MR) is 108 cm³/mol. The lowest BCUT2D eigenvalue weighted by atomic mass is 9.95. The van der Waals surface area contributed by atoms with Crippen LogP contribution in [0.5, 0.6) is 0 Å². The van der Waals surface area contributed by atoms with Crippen LogP contribution in [0.4, 0.5) is 24.7 Å². The summed E-state index contributed by atoms with van der Waals surface area (Å²) in [6, 6.07) is 9.20. The van der Waals surface area contributed by atoms with Crippen molar-refractivity contribution in [3.8, 4) is 0 Å². The van der Waals surface area contributed by atoms with Gasteiger partial charge in [-0.2, -0.15) is 17.7 Å². The molecule has 0 bridgehead atoms. The van der Waals surface area contributed by atoms with Crippen LogP contribution in [-0.4, -0.2) is 38.8 Å². The predicted octanol–water partition coefficient (Wildman–Crippen LogP) is 3.49. The number of hydrogen-bond acceptors (Lipinski definition) is 5. The number of aryl methyl sites for hydroxylation is 2. The van der Waals surface area contributed by atoms with Crippen molar-refractivity contribution in [3.63, 3.8) is 0 Å². The third-order valence-electron chi connectivity index (χ3n) is 6.06. The van der Waals surface area contributed by atoms with Crippen LogP contribution in [0.1, 0.15) is 36.2 Å². The van der Waals surface area contributed by atoms with E-state index in [0.29, 0.717) is 31.7 Å². The van der Waals surface area contributed by atoms with Gasteiger partial charge in [0.25, 0.3) is 5.82 Å². The summed E-state index contributed by atoms with van der Waals surface area (Å²) in [5.41, 5.74) is 3.53. The number of anilines is 2. The highest BCUT2D eigenvalue weighted by Crippen LogP contribution is 2.29. The van der Waals surface area contributed by atoms with E-state index in [1.165, 1.54) is 17.2 Å². The van der Waals surface area contributed by atoms with E-state index in [0.717, 1.165) is 29.5 Å². The summed E-state index contributed by atoms with van der Waals surface area (Å²) >= 11 is 0. The van der Waals surface area contributed by atoms with Crippen molar-refractivity contribution >= 4 is 23.1 Å². The minimum absolute atomic E-state index is 0.0147. The topological polar surface area (TPSA) is 75.4 Å². The summed E-state index contributed by atoms with van der Waals surface area (Å²) in [7, 11) is 0. The smallest absolute Gasteiger partial charge is 0.355 e. The number of amides is 1. The first-order valence-corrected chi connectivity index (χ1v) is 10.4. The second-order valence-electron chi connectivity index (χ2n) is 8.07. The number of piperidine rings is 1. The van der Waals surface area contributed by atoms with Crippen LogP contribution in [0.2, 0.25) is 0 Å². The quantitative estimate of drug-likeness (QED) is 0.689. The fraction of sp³-hybridized carbons (Fsp3) is 0.429. The fourth-order valence-corrected chi connectivity index (χ4v) is 4.39. The lowest BCUT2D eigenvalue weighted by Gasteiger charge is -2.32. The molecule has 1 fully saturated rings. The molecule has 0 saturated carbocycles. The maximum Gasteiger partial charge on any atom is 0.453 e. The first-order valence-electron chi connectivity index (χ1n) is 10.4. The lowest BCUT2D eigenvalue weighted by molar-refractivity contribution is -0.146. The molecule has 1 aromatic carbocycles. The van der Waals surface area contributed by atoms with E-state index in [1.54, 1.807) is 6.07 Å². The molecule has 1 aliphatic carbocycles. The van der Waals surface area contributed by atoms with Crippen molar-refractivity contribution in [2.24, 2.45) is 5.92 Å². The summed E-state index contributed by atoms with van der Waals surface area (Å²) in [6.07, 6.45) is -0.118. The number of halogens is 3. The normalized spacial score (nSPS) is 17.2. The lowest BCUT2D eigenvalue weighted by Crippen LogP contribution is -2.38. The summed E-state index contributed by atoms with van der Waals surface area (Å²) in [5.74, 6) is -0.892. The molecule has 1 amide bonds. The molecule has 162 valence electrons. The van der Waals surface area contributed by atoms with E-state index in [-0.39, 0.29) is 17.5 Å². The number of rotatable bonds is 3. The van der Waals surface area contributed by atoms with Gasteiger partial charge in [0, 0.05) is 24.7 Å². The van der Waals surface area contributed by atoms with Crippen LogP contribution in [0.15, 0.2) is 30.3 Å². The van der Waals surface area contributed by atoms with Gasteiger partial charge in [-0.15, -0.1) is 15.3 Å². The number of benzene rings is 1. The van der Waals surface area contributed by atoms with Gasteiger partial charge >= 0.3 is 6.18 Å². The van der Waals surface area contributed by atoms with Crippen LogP contribution >= 0.6 is 0 Å². The van der Waals surface area contributed by atoms with E-state index in [2.05, 4.69) is 32.7 Å². The second-order valence-corrected chi connectivity index (χ2v) is 8.07. The van der Waals surface area contributed by atoms with Gasteiger partial charge < -0.3 is 10.2 Å². The zero-order valence-electron chi connectivity index (χ0n) is 16.7. The van der Waals surface area contributed by atoms with Crippen molar-refractivity contribution in [3.05, 3.63) is 47.3 Å². The van der Waals surface area contributed by atoms with Gasteiger partial charge in [-0.25, -0.2) is 0 Å².